The number of halogens is 2. The fourth-order valence-corrected chi connectivity index (χ4v) is 3.96. The maximum atomic E-state index is 14.8. The SMILES string of the molecule is Cc1[nH]nc2c1C(c1ccc(F)cc1F)N(c1cc(C)c3nnc(C)n3c1)C2=O. The maximum Gasteiger partial charge on any atom is 0.280 e. The van der Waals surface area contributed by atoms with E-state index in [1.54, 1.807) is 23.6 Å². The number of rotatable bonds is 2. The second-order valence-corrected chi connectivity index (χ2v) is 7.18. The van der Waals surface area contributed by atoms with Gasteiger partial charge in [0.1, 0.15) is 17.5 Å². The molecule has 0 aliphatic carbocycles. The van der Waals surface area contributed by atoms with Crippen LogP contribution in [0, 0.1) is 32.4 Å². The number of nitrogens with zero attached hydrogens (tertiary/aromatic N) is 5. The van der Waals surface area contributed by atoms with Gasteiger partial charge in [-0.05, 0) is 38.5 Å². The third-order valence-electron chi connectivity index (χ3n) is 5.33. The molecule has 0 bridgehead atoms. The van der Waals surface area contributed by atoms with Crippen LogP contribution in [-0.4, -0.2) is 30.7 Å². The quantitative estimate of drug-likeness (QED) is 0.565. The first-order valence-corrected chi connectivity index (χ1v) is 9.02. The molecule has 7 nitrogen and oxygen atoms in total. The van der Waals surface area contributed by atoms with Crippen LogP contribution in [0.4, 0.5) is 14.5 Å². The lowest BCUT2D eigenvalue weighted by molar-refractivity contribution is 0.0988. The molecule has 4 heterocycles. The molecule has 9 heteroatoms. The van der Waals surface area contributed by atoms with Crippen LogP contribution < -0.4 is 4.90 Å². The highest BCUT2D eigenvalue weighted by molar-refractivity contribution is 6.10. The summed E-state index contributed by atoms with van der Waals surface area (Å²) >= 11 is 0. The number of H-pyrrole nitrogens is 1. The van der Waals surface area contributed by atoms with Crippen molar-refractivity contribution < 1.29 is 13.6 Å². The number of anilines is 1. The maximum absolute atomic E-state index is 14.8. The number of benzene rings is 1. The Balaban J connectivity index is 1.77. The van der Waals surface area contributed by atoms with Crippen LogP contribution in [0.25, 0.3) is 5.65 Å². The average Bonchev–Trinajstić information content (AvgIpc) is 3.31. The molecule has 0 saturated carbocycles. The first-order chi connectivity index (χ1) is 13.9. The number of carbonyl (C=O) groups excluding carboxylic acids is 1. The molecule has 1 aromatic carbocycles. The van der Waals surface area contributed by atoms with Gasteiger partial charge in [0, 0.05) is 29.1 Å². The van der Waals surface area contributed by atoms with E-state index in [1.165, 1.54) is 17.0 Å². The third-order valence-corrected chi connectivity index (χ3v) is 5.33. The van der Waals surface area contributed by atoms with E-state index >= 15 is 0 Å². The van der Waals surface area contributed by atoms with E-state index < -0.39 is 17.7 Å². The van der Waals surface area contributed by atoms with E-state index in [1.807, 2.05) is 13.8 Å². The van der Waals surface area contributed by atoms with Gasteiger partial charge in [-0.25, -0.2) is 8.78 Å². The predicted octanol–water partition coefficient (Wildman–Crippen LogP) is 3.41. The Morgan fingerprint density at radius 2 is 1.90 bits per heavy atom. The summed E-state index contributed by atoms with van der Waals surface area (Å²) in [4.78, 5) is 14.7. The molecule has 0 saturated heterocycles. The van der Waals surface area contributed by atoms with Crippen molar-refractivity contribution in [2.45, 2.75) is 26.8 Å². The molecule has 0 radical (unpaired) electrons. The number of pyridine rings is 1. The predicted molar refractivity (Wildman–Crippen MR) is 101 cm³/mol. The number of amides is 1. The zero-order valence-electron chi connectivity index (χ0n) is 15.9. The molecular formula is C20H16F2N6O. The Morgan fingerprint density at radius 1 is 1.10 bits per heavy atom. The van der Waals surface area contributed by atoms with Crippen molar-refractivity contribution in [1.29, 1.82) is 0 Å². The van der Waals surface area contributed by atoms with E-state index in [9.17, 15) is 13.6 Å². The van der Waals surface area contributed by atoms with Gasteiger partial charge in [-0.2, -0.15) is 5.10 Å². The smallest absolute Gasteiger partial charge is 0.280 e. The largest absolute Gasteiger partial charge is 0.294 e. The van der Waals surface area contributed by atoms with Crippen LogP contribution >= 0.6 is 0 Å². The molecule has 1 aliphatic rings. The van der Waals surface area contributed by atoms with Gasteiger partial charge in [0.05, 0.1) is 11.7 Å². The summed E-state index contributed by atoms with van der Waals surface area (Å²) < 4.78 is 30.1. The molecule has 5 rings (SSSR count). The molecule has 29 heavy (non-hydrogen) atoms. The van der Waals surface area contributed by atoms with Crippen LogP contribution in [0.15, 0.2) is 30.5 Å². The molecule has 4 aromatic rings. The molecule has 1 amide bonds. The lowest BCUT2D eigenvalue weighted by Crippen LogP contribution is -2.30. The minimum absolute atomic E-state index is 0.196. The molecule has 1 unspecified atom stereocenters. The van der Waals surface area contributed by atoms with Crippen molar-refractivity contribution in [3.63, 3.8) is 0 Å². The summed E-state index contributed by atoms with van der Waals surface area (Å²) in [6.45, 7) is 5.45. The van der Waals surface area contributed by atoms with Crippen molar-refractivity contribution in [3.05, 3.63) is 76.0 Å². The number of carbonyl (C=O) groups is 1. The third kappa shape index (κ3) is 2.40. The molecule has 146 valence electrons. The Morgan fingerprint density at radius 3 is 2.66 bits per heavy atom. The van der Waals surface area contributed by atoms with Gasteiger partial charge in [-0.1, -0.05) is 6.07 Å². The zero-order valence-corrected chi connectivity index (χ0v) is 15.9. The Bertz CT molecular complexity index is 1310. The van der Waals surface area contributed by atoms with E-state index in [0.717, 1.165) is 11.6 Å². The summed E-state index contributed by atoms with van der Waals surface area (Å²) in [6.07, 6.45) is 1.74. The summed E-state index contributed by atoms with van der Waals surface area (Å²) in [5.74, 6) is -1.10. The van der Waals surface area contributed by atoms with Crippen LogP contribution in [0.1, 0.15) is 44.7 Å². The lowest BCUT2D eigenvalue weighted by atomic mass is 9.98. The van der Waals surface area contributed by atoms with Crippen molar-refractivity contribution in [1.82, 2.24) is 24.8 Å². The van der Waals surface area contributed by atoms with Gasteiger partial charge >= 0.3 is 0 Å². The number of nitrogens with one attached hydrogen (secondary N) is 1. The summed E-state index contributed by atoms with van der Waals surface area (Å²) in [6, 6.07) is 4.41. The molecule has 0 fully saturated rings. The summed E-state index contributed by atoms with van der Waals surface area (Å²) in [5, 5.41) is 15.1. The number of hydrogen-bond donors (Lipinski definition) is 1. The fraction of sp³-hybridized carbons (Fsp3) is 0.200. The average molecular weight is 394 g/mol. The Hall–Kier alpha value is -3.62. The first-order valence-electron chi connectivity index (χ1n) is 9.02. The minimum atomic E-state index is -0.773. The van der Waals surface area contributed by atoms with E-state index in [2.05, 4.69) is 20.4 Å². The first kappa shape index (κ1) is 17.5. The highest BCUT2D eigenvalue weighted by Gasteiger charge is 2.43. The number of hydrogen-bond acceptors (Lipinski definition) is 4. The minimum Gasteiger partial charge on any atom is -0.294 e. The topological polar surface area (TPSA) is 79.2 Å². The normalized spacial score (nSPS) is 16.1. The second-order valence-electron chi connectivity index (χ2n) is 7.18. The van der Waals surface area contributed by atoms with E-state index in [4.69, 9.17) is 0 Å². The van der Waals surface area contributed by atoms with Crippen molar-refractivity contribution in [3.8, 4) is 0 Å². The van der Waals surface area contributed by atoms with Gasteiger partial charge in [0.15, 0.2) is 11.3 Å². The Kier molecular flexibility index (Phi) is 3.58. The van der Waals surface area contributed by atoms with Crippen molar-refractivity contribution >= 4 is 17.2 Å². The molecular weight excluding hydrogens is 378 g/mol. The molecule has 3 aromatic heterocycles. The summed E-state index contributed by atoms with van der Waals surface area (Å²) in [7, 11) is 0. The summed E-state index contributed by atoms with van der Waals surface area (Å²) in [5.41, 5.74) is 3.71. The van der Waals surface area contributed by atoms with Gasteiger partial charge in [0.25, 0.3) is 5.91 Å². The molecule has 0 spiro atoms. The molecule has 1 N–H and O–H groups in total. The van der Waals surface area contributed by atoms with Crippen LogP contribution in [0.3, 0.4) is 0 Å². The fourth-order valence-electron chi connectivity index (χ4n) is 3.96. The van der Waals surface area contributed by atoms with Crippen LogP contribution in [-0.2, 0) is 0 Å². The van der Waals surface area contributed by atoms with Gasteiger partial charge < -0.3 is 0 Å². The highest BCUT2D eigenvalue weighted by atomic mass is 19.1. The van der Waals surface area contributed by atoms with Crippen LogP contribution in [0.2, 0.25) is 0 Å². The van der Waals surface area contributed by atoms with E-state index in [0.29, 0.717) is 28.4 Å². The molecule has 1 atom stereocenters. The number of aromatic nitrogens is 5. The number of fused-ring (bicyclic) bond motifs is 2. The van der Waals surface area contributed by atoms with Crippen LogP contribution in [0.5, 0.6) is 0 Å². The standard InChI is InChI=1S/C20H16F2N6O/c1-9-6-13(8-27-11(3)24-26-19(9)27)28-18(14-5-4-12(21)7-15(14)22)16-10(2)23-25-17(16)20(28)29/h4-8,18H,1-3H3,(H,23,25). The van der Waals surface area contributed by atoms with Gasteiger partial charge in [0.2, 0.25) is 0 Å². The monoisotopic (exact) mass is 394 g/mol. The number of aromatic amines is 1. The second kappa shape index (κ2) is 5.94. The lowest BCUT2D eigenvalue weighted by Gasteiger charge is -2.27. The highest BCUT2D eigenvalue weighted by Crippen LogP contribution is 2.43. The molecule has 1 aliphatic heterocycles. The van der Waals surface area contributed by atoms with Crippen molar-refractivity contribution in [2.75, 3.05) is 4.90 Å². The van der Waals surface area contributed by atoms with E-state index in [-0.39, 0.29) is 17.2 Å². The zero-order chi connectivity index (χ0) is 20.4. The number of aryl methyl sites for hydroxylation is 3. The van der Waals surface area contributed by atoms with Crippen molar-refractivity contribution in [2.24, 2.45) is 0 Å². The van der Waals surface area contributed by atoms with Gasteiger partial charge in [-0.15, -0.1) is 10.2 Å². The Labute approximate surface area is 164 Å². The van der Waals surface area contributed by atoms with Gasteiger partial charge in [-0.3, -0.25) is 19.2 Å².